The number of aromatic nitrogens is 3. The summed E-state index contributed by atoms with van der Waals surface area (Å²) in [5.74, 6) is 1.12. The molecule has 0 spiro atoms. The number of aryl methyl sites for hydroxylation is 2. The molecule has 0 saturated carbocycles. The second kappa shape index (κ2) is 3.97. The Morgan fingerprint density at radius 2 is 1.78 bits per heavy atom. The molecule has 18 heavy (non-hydrogen) atoms. The lowest BCUT2D eigenvalue weighted by Gasteiger charge is -2.16. The van der Waals surface area contributed by atoms with Crippen molar-refractivity contribution in [1.82, 2.24) is 14.6 Å². The molecule has 0 amide bonds. The summed E-state index contributed by atoms with van der Waals surface area (Å²) in [6.45, 7) is 2.30. The molecule has 0 radical (unpaired) electrons. The van der Waals surface area contributed by atoms with E-state index >= 15 is 0 Å². The van der Waals surface area contributed by atoms with Gasteiger partial charge in [-0.2, -0.15) is 0 Å². The number of nitrogens with zero attached hydrogens (tertiary/aromatic N) is 4. The normalized spacial score (nSPS) is 19.4. The standard InChI is InChI=1S/C14H18N4/c1-2-6-12-11(5-1)15-13-7-8-14(16-18(12)13)17-9-3-4-10-17/h7-8H,1-6,9-10H2. The molecule has 4 nitrogen and oxygen atoms in total. The Labute approximate surface area is 107 Å². The summed E-state index contributed by atoms with van der Waals surface area (Å²) in [7, 11) is 0. The highest BCUT2D eigenvalue weighted by molar-refractivity contribution is 5.49. The quantitative estimate of drug-likeness (QED) is 0.768. The van der Waals surface area contributed by atoms with Crippen LogP contribution in [-0.2, 0) is 12.8 Å². The lowest BCUT2D eigenvalue weighted by Crippen LogP contribution is -2.20. The first kappa shape index (κ1) is 10.4. The summed E-state index contributed by atoms with van der Waals surface area (Å²) in [6, 6.07) is 4.25. The van der Waals surface area contributed by atoms with Crippen molar-refractivity contribution in [1.29, 1.82) is 0 Å². The monoisotopic (exact) mass is 242 g/mol. The van der Waals surface area contributed by atoms with Crippen molar-refractivity contribution >= 4 is 11.5 Å². The highest BCUT2D eigenvalue weighted by Crippen LogP contribution is 2.24. The zero-order valence-corrected chi connectivity index (χ0v) is 10.6. The van der Waals surface area contributed by atoms with Crippen molar-refractivity contribution in [3.63, 3.8) is 0 Å². The highest BCUT2D eigenvalue weighted by atomic mass is 15.3. The zero-order chi connectivity index (χ0) is 11.9. The van der Waals surface area contributed by atoms with Gasteiger partial charge < -0.3 is 4.90 Å². The first-order chi connectivity index (χ1) is 8.92. The minimum atomic E-state index is 1.02. The largest absolute Gasteiger partial charge is 0.355 e. The average molecular weight is 242 g/mol. The van der Waals surface area contributed by atoms with Crippen LogP contribution in [0, 0.1) is 0 Å². The summed E-state index contributed by atoms with van der Waals surface area (Å²) in [5, 5.41) is 4.81. The molecule has 4 heteroatoms. The molecule has 0 aromatic carbocycles. The van der Waals surface area contributed by atoms with Crippen molar-refractivity contribution in [2.45, 2.75) is 38.5 Å². The van der Waals surface area contributed by atoms with Crippen LogP contribution in [-0.4, -0.2) is 27.7 Å². The van der Waals surface area contributed by atoms with E-state index in [9.17, 15) is 0 Å². The predicted molar refractivity (Wildman–Crippen MR) is 71.1 cm³/mol. The van der Waals surface area contributed by atoms with E-state index in [1.54, 1.807) is 0 Å². The van der Waals surface area contributed by atoms with Crippen LogP contribution < -0.4 is 4.90 Å². The Morgan fingerprint density at radius 1 is 0.944 bits per heavy atom. The molecular weight excluding hydrogens is 224 g/mol. The Bertz CT molecular complexity index is 581. The number of hydrogen-bond acceptors (Lipinski definition) is 3. The number of anilines is 1. The van der Waals surface area contributed by atoms with E-state index in [1.807, 2.05) is 0 Å². The van der Waals surface area contributed by atoms with E-state index in [0.29, 0.717) is 0 Å². The van der Waals surface area contributed by atoms with E-state index in [2.05, 4.69) is 21.5 Å². The van der Waals surface area contributed by atoms with E-state index < -0.39 is 0 Å². The van der Waals surface area contributed by atoms with Gasteiger partial charge in [-0.3, -0.25) is 0 Å². The number of hydrogen-bond donors (Lipinski definition) is 0. The first-order valence-corrected chi connectivity index (χ1v) is 7.04. The molecule has 4 rings (SSSR count). The van der Waals surface area contributed by atoms with Crippen LogP contribution in [0.15, 0.2) is 12.1 Å². The highest BCUT2D eigenvalue weighted by Gasteiger charge is 2.19. The van der Waals surface area contributed by atoms with Gasteiger partial charge in [-0.25, -0.2) is 9.50 Å². The van der Waals surface area contributed by atoms with E-state index in [4.69, 9.17) is 10.1 Å². The van der Waals surface area contributed by atoms with Crippen LogP contribution in [0.5, 0.6) is 0 Å². The fourth-order valence-corrected chi connectivity index (χ4v) is 3.17. The maximum atomic E-state index is 4.81. The summed E-state index contributed by atoms with van der Waals surface area (Å²) in [6.07, 6.45) is 7.39. The second-order valence-electron chi connectivity index (χ2n) is 5.37. The molecular formula is C14H18N4. The Balaban J connectivity index is 1.83. The molecule has 1 saturated heterocycles. The molecule has 3 heterocycles. The molecule has 0 unspecified atom stereocenters. The maximum absolute atomic E-state index is 4.81. The van der Waals surface area contributed by atoms with Gasteiger partial charge in [0.05, 0.1) is 11.4 Å². The SMILES string of the molecule is c1cc2nc3c(n2nc1N1CCCC1)CCCC3. The third-order valence-electron chi connectivity index (χ3n) is 4.15. The molecule has 94 valence electrons. The van der Waals surface area contributed by atoms with Crippen molar-refractivity contribution in [2.75, 3.05) is 18.0 Å². The van der Waals surface area contributed by atoms with Gasteiger partial charge in [0.15, 0.2) is 5.65 Å². The number of fused-ring (bicyclic) bond motifs is 3. The van der Waals surface area contributed by atoms with Gasteiger partial charge in [0.25, 0.3) is 0 Å². The Morgan fingerprint density at radius 3 is 2.67 bits per heavy atom. The molecule has 0 atom stereocenters. The fraction of sp³-hybridized carbons (Fsp3) is 0.571. The van der Waals surface area contributed by atoms with Gasteiger partial charge in [-0.05, 0) is 50.7 Å². The van der Waals surface area contributed by atoms with Gasteiger partial charge in [0.2, 0.25) is 0 Å². The number of rotatable bonds is 1. The molecule has 0 N–H and O–H groups in total. The van der Waals surface area contributed by atoms with Gasteiger partial charge >= 0.3 is 0 Å². The van der Waals surface area contributed by atoms with E-state index in [0.717, 1.165) is 37.4 Å². The van der Waals surface area contributed by atoms with E-state index in [-0.39, 0.29) is 0 Å². The van der Waals surface area contributed by atoms with Crippen LogP contribution >= 0.6 is 0 Å². The van der Waals surface area contributed by atoms with Crippen LogP contribution in [0.2, 0.25) is 0 Å². The average Bonchev–Trinajstić information content (AvgIpc) is 3.05. The summed E-state index contributed by atoms with van der Waals surface area (Å²) in [4.78, 5) is 7.09. The Kier molecular flexibility index (Phi) is 2.28. The van der Waals surface area contributed by atoms with Crippen molar-refractivity contribution in [3.05, 3.63) is 23.5 Å². The van der Waals surface area contributed by atoms with Crippen molar-refractivity contribution in [3.8, 4) is 0 Å². The Hall–Kier alpha value is -1.58. The molecule has 2 aliphatic rings. The van der Waals surface area contributed by atoms with Gasteiger partial charge in [0.1, 0.15) is 5.82 Å². The third-order valence-corrected chi connectivity index (χ3v) is 4.15. The van der Waals surface area contributed by atoms with Crippen molar-refractivity contribution in [2.24, 2.45) is 0 Å². The first-order valence-electron chi connectivity index (χ1n) is 7.04. The smallest absolute Gasteiger partial charge is 0.154 e. The molecule has 0 bridgehead atoms. The minimum absolute atomic E-state index is 1.02. The lowest BCUT2D eigenvalue weighted by atomic mass is 10.0. The fourth-order valence-electron chi connectivity index (χ4n) is 3.17. The van der Waals surface area contributed by atoms with Crippen LogP contribution in [0.1, 0.15) is 37.1 Å². The van der Waals surface area contributed by atoms with Crippen LogP contribution in [0.4, 0.5) is 5.82 Å². The topological polar surface area (TPSA) is 33.4 Å². The molecule has 1 fully saturated rings. The zero-order valence-electron chi connectivity index (χ0n) is 10.6. The lowest BCUT2D eigenvalue weighted by molar-refractivity contribution is 0.647. The summed E-state index contributed by atoms with van der Waals surface area (Å²) in [5.41, 5.74) is 3.63. The summed E-state index contributed by atoms with van der Waals surface area (Å²) < 4.78 is 2.09. The second-order valence-corrected chi connectivity index (χ2v) is 5.37. The third kappa shape index (κ3) is 1.51. The molecule has 1 aliphatic heterocycles. The van der Waals surface area contributed by atoms with Crippen LogP contribution in [0.3, 0.4) is 0 Å². The number of imidazole rings is 1. The molecule has 2 aromatic heterocycles. The van der Waals surface area contributed by atoms with Crippen LogP contribution in [0.25, 0.3) is 5.65 Å². The summed E-state index contributed by atoms with van der Waals surface area (Å²) >= 11 is 0. The molecule has 2 aromatic rings. The van der Waals surface area contributed by atoms with E-state index in [1.165, 1.54) is 37.1 Å². The minimum Gasteiger partial charge on any atom is -0.355 e. The van der Waals surface area contributed by atoms with Crippen molar-refractivity contribution < 1.29 is 0 Å². The van der Waals surface area contributed by atoms with Gasteiger partial charge in [-0.1, -0.05) is 0 Å². The van der Waals surface area contributed by atoms with Gasteiger partial charge in [-0.15, -0.1) is 5.10 Å². The predicted octanol–water partition coefficient (Wildman–Crippen LogP) is 2.21. The molecule has 1 aliphatic carbocycles. The maximum Gasteiger partial charge on any atom is 0.154 e. The van der Waals surface area contributed by atoms with Gasteiger partial charge in [0, 0.05) is 13.1 Å².